The molecule has 1 N–H and O–H groups in total. The third-order valence-electron chi connectivity index (χ3n) is 4.98. The number of benzene rings is 2. The average Bonchev–Trinajstić information content (AvgIpc) is 2.69. The van der Waals surface area contributed by atoms with Gasteiger partial charge in [-0.1, -0.05) is 30.3 Å². The Morgan fingerprint density at radius 1 is 1.14 bits per heavy atom. The summed E-state index contributed by atoms with van der Waals surface area (Å²) in [4.78, 5) is 33.6. The number of carbonyl (C=O) groups excluding carboxylic acids is 1. The Balaban J connectivity index is 1.39. The number of nitrogens with one attached hydrogen (secondary N) is 1. The summed E-state index contributed by atoms with van der Waals surface area (Å²) < 4.78 is 0. The minimum atomic E-state index is -0.451. The second-order valence-electron chi connectivity index (χ2n) is 6.97. The van der Waals surface area contributed by atoms with Crippen molar-refractivity contribution in [2.45, 2.75) is 6.92 Å². The van der Waals surface area contributed by atoms with Crippen molar-refractivity contribution in [1.29, 1.82) is 0 Å². The molecule has 0 atom stereocenters. The lowest BCUT2D eigenvalue weighted by Gasteiger charge is -2.39. The van der Waals surface area contributed by atoms with Gasteiger partial charge < -0.3 is 10.2 Å². The number of carbonyl (C=O) groups is 1. The van der Waals surface area contributed by atoms with Crippen LogP contribution in [0, 0.1) is 23.0 Å². The molecule has 0 spiro atoms. The minimum absolute atomic E-state index is 0.00769. The molecule has 1 aliphatic rings. The lowest BCUT2D eigenvalue weighted by molar-refractivity contribution is -0.384. The fourth-order valence-corrected chi connectivity index (χ4v) is 3.25. The lowest BCUT2D eigenvalue weighted by Crippen LogP contribution is -2.52. The van der Waals surface area contributed by atoms with E-state index in [4.69, 9.17) is 0 Å². The molecule has 0 bridgehead atoms. The zero-order chi connectivity index (χ0) is 20.4. The highest BCUT2D eigenvalue weighted by molar-refractivity contribution is 5.95. The monoisotopic (exact) mass is 389 g/mol. The van der Waals surface area contributed by atoms with E-state index in [1.807, 2.05) is 41.3 Å². The van der Waals surface area contributed by atoms with E-state index in [0.29, 0.717) is 24.3 Å². The van der Waals surface area contributed by atoms with Gasteiger partial charge in [0.05, 0.1) is 16.5 Å². The van der Waals surface area contributed by atoms with E-state index in [9.17, 15) is 14.9 Å². The van der Waals surface area contributed by atoms with Crippen LogP contribution < -0.4 is 10.2 Å². The third-order valence-corrected chi connectivity index (χ3v) is 4.98. The van der Waals surface area contributed by atoms with Crippen molar-refractivity contribution >= 4 is 23.1 Å². The van der Waals surface area contributed by atoms with E-state index < -0.39 is 4.92 Å². The van der Waals surface area contributed by atoms with Crippen molar-refractivity contribution in [2.24, 2.45) is 5.92 Å². The van der Waals surface area contributed by atoms with Crippen molar-refractivity contribution in [3.8, 4) is 11.3 Å². The van der Waals surface area contributed by atoms with Crippen molar-refractivity contribution in [2.75, 3.05) is 23.3 Å². The smallest absolute Gasteiger partial charge is 0.269 e. The van der Waals surface area contributed by atoms with Gasteiger partial charge in [-0.3, -0.25) is 14.9 Å². The summed E-state index contributed by atoms with van der Waals surface area (Å²) in [6, 6.07) is 16.2. The summed E-state index contributed by atoms with van der Waals surface area (Å²) in [5.41, 5.74) is 3.11. The summed E-state index contributed by atoms with van der Waals surface area (Å²) in [6.07, 6.45) is 1.53. The van der Waals surface area contributed by atoms with Crippen LogP contribution in [-0.4, -0.2) is 33.9 Å². The van der Waals surface area contributed by atoms with Gasteiger partial charge in [-0.25, -0.2) is 9.97 Å². The minimum Gasteiger partial charge on any atom is -0.355 e. The van der Waals surface area contributed by atoms with Crippen LogP contribution in [0.1, 0.15) is 5.56 Å². The Morgan fingerprint density at radius 3 is 2.59 bits per heavy atom. The number of aryl methyl sites for hydroxylation is 1. The van der Waals surface area contributed by atoms with Gasteiger partial charge >= 0.3 is 0 Å². The molecule has 1 aliphatic heterocycles. The van der Waals surface area contributed by atoms with Crippen LogP contribution in [-0.2, 0) is 4.79 Å². The Morgan fingerprint density at radius 2 is 1.90 bits per heavy atom. The Kier molecular flexibility index (Phi) is 4.90. The molecule has 3 aromatic rings. The van der Waals surface area contributed by atoms with Gasteiger partial charge in [-0.2, -0.15) is 0 Å². The molecule has 0 radical (unpaired) electrons. The standard InChI is InChI=1S/C21H19N5O3/c1-14-9-17(26(28)29)7-8-18(14)24-21(27)16-11-25(12-16)20-10-19(22-13-23-20)15-5-3-2-4-6-15/h2-10,13,16H,11-12H2,1H3,(H,24,27). The molecule has 0 saturated carbocycles. The topological polar surface area (TPSA) is 101 Å². The quantitative estimate of drug-likeness (QED) is 0.530. The molecule has 1 aromatic heterocycles. The number of nitro groups is 1. The number of anilines is 2. The van der Waals surface area contributed by atoms with E-state index in [0.717, 1.165) is 17.1 Å². The molecule has 1 fully saturated rings. The molecule has 29 heavy (non-hydrogen) atoms. The van der Waals surface area contributed by atoms with Crippen molar-refractivity contribution < 1.29 is 9.72 Å². The van der Waals surface area contributed by atoms with Crippen molar-refractivity contribution in [3.63, 3.8) is 0 Å². The molecule has 4 rings (SSSR count). The zero-order valence-corrected chi connectivity index (χ0v) is 15.8. The molecule has 1 saturated heterocycles. The molecular formula is C21H19N5O3. The molecule has 1 amide bonds. The van der Waals surface area contributed by atoms with Gasteiger partial charge in [0.1, 0.15) is 12.1 Å². The summed E-state index contributed by atoms with van der Waals surface area (Å²) in [6.45, 7) is 2.86. The van der Waals surface area contributed by atoms with Crippen LogP contribution in [0.3, 0.4) is 0 Å². The second kappa shape index (κ2) is 7.67. The number of hydrogen-bond donors (Lipinski definition) is 1. The van der Waals surface area contributed by atoms with E-state index in [2.05, 4.69) is 15.3 Å². The van der Waals surface area contributed by atoms with Crippen molar-refractivity contribution in [3.05, 3.63) is 76.6 Å². The number of rotatable bonds is 5. The fourth-order valence-electron chi connectivity index (χ4n) is 3.25. The van der Waals surface area contributed by atoms with E-state index >= 15 is 0 Å². The van der Waals surface area contributed by atoms with E-state index in [-0.39, 0.29) is 17.5 Å². The Bertz CT molecular complexity index is 1060. The number of nitro benzene ring substituents is 1. The molecule has 8 heteroatoms. The van der Waals surface area contributed by atoms with Crippen LogP contribution in [0.4, 0.5) is 17.2 Å². The highest BCUT2D eigenvalue weighted by Gasteiger charge is 2.34. The summed E-state index contributed by atoms with van der Waals surface area (Å²) in [5, 5.41) is 13.7. The second-order valence-corrected chi connectivity index (χ2v) is 6.97. The molecule has 2 heterocycles. The Hall–Kier alpha value is -3.81. The molecule has 8 nitrogen and oxygen atoms in total. The first-order valence-electron chi connectivity index (χ1n) is 9.19. The molecular weight excluding hydrogens is 370 g/mol. The highest BCUT2D eigenvalue weighted by atomic mass is 16.6. The SMILES string of the molecule is Cc1cc([N+](=O)[O-])ccc1NC(=O)C1CN(c2cc(-c3ccccc3)ncn2)C1. The van der Waals surface area contributed by atoms with E-state index in [1.165, 1.54) is 18.5 Å². The normalized spacial score (nSPS) is 13.6. The van der Waals surface area contributed by atoms with Crippen LogP contribution in [0.5, 0.6) is 0 Å². The van der Waals surface area contributed by atoms with Gasteiger partial charge in [0, 0.05) is 42.5 Å². The zero-order valence-electron chi connectivity index (χ0n) is 15.8. The van der Waals surface area contributed by atoms with Gasteiger partial charge in [0.25, 0.3) is 5.69 Å². The predicted octanol–water partition coefficient (Wildman–Crippen LogP) is 3.44. The van der Waals surface area contributed by atoms with Crippen molar-refractivity contribution in [1.82, 2.24) is 9.97 Å². The van der Waals surface area contributed by atoms with Gasteiger partial charge in [0.2, 0.25) is 5.91 Å². The fraction of sp³-hybridized carbons (Fsp3) is 0.190. The predicted molar refractivity (Wildman–Crippen MR) is 110 cm³/mol. The highest BCUT2D eigenvalue weighted by Crippen LogP contribution is 2.28. The lowest BCUT2D eigenvalue weighted by atomic mass is 9.98. The maximum atomic E-state index is 12.5. The summed E-state index contributed by atoms with van der Waals surface area (Å²) in [5.74, 6) is 0.518. The van der Waals surface area contributed by atoms with Gasteiger partial charge in [-0.15, -0.1) is 0 Å². The van der Waals surface area contributed by atoms with Gasteiger partial charge in [0.15, 0.2) is 0 Å². The van der Waals surface area contributed by atoms with Crippen LogP contribution in [0.15, 0.2) is 60.9 Å². The average molecular weight is 389 g/mol. The van der Waals surface area contributed by atoms with Gasteiger partial charge in [-0.05, 0) is 18.6 Å². The summed E-state index contributed by atoms with van der Waals surface area (Å²) >= 11 is 0. The van der Waals surface area contributed by atoms with Crippen LogP contribution >= 0.6 is 0 Å². The molecule has 0 aliphatic carbocycles. The number of nitrogens with zero attached hydrogens (tertiary/aromatic N) is 4. The molecule has 0 unspecified atom stereocenters. The van der Waals surface area contributed by atoms with Crippen LogP contribution in [0.25, 0.3) is 11.3 Å². The number of aromatic nitrogens is 2. The largest absolute Gasteiger partial charge is 0.355 e. The molecule has 2 aromatic carbocycles. The first-order chi connectivity index (χ1) is 14.0. The Labute approximate surface area is 167 Å². The summed E-state index contributed by atoms with van der Waals surface area (Å²) in [7, 11) is 0. The first kappa shape index (κ1) is 18.5. The van der Waals surface area contributed by atoms with E-state index in [1.54, 1.807) is 13.0 Å². The third kappa shape index (κ3) is 3.91. The first-order valence-corrected chi connectivity index (χ1v) is 9.19. The van der Waals surface area contributed by atoms with Crippen LogP contribution in [0.2, 0.25) is 0 Å². The maximum absolute atomic E-state index is 12.5. The number of hydrogen-bond acceptors (Lipinski definition) is 6. The number of amides is 1. The molecule has 146 valence electrons. The maximum Gasteiger partial charge on any atom is 0.269 e. The number of non-ortho nitro benzene ring substituents is 1.